The van der Waals surface area contributed by atoms with Crippen LogP contribution in [0, 0.1) is 34.0 Å². The summed E-state index contributed by atoms with van der Waals surface area (Å²) in [5.41, 5.74) is -0.357. The van der Waals surface area contributed by atoms with E-state index in [9.17, 15) is 9.59 Å². The van der Waals surface area contributed by atoms with E-state index in [4.69, 9.17) is 4.74 Å². The van der Waals surface area contributed by atoms with Gasteiger partial charge in [-0.2, -0.15) is 0 Å². The molecule has 3 saturated carbocycles. The maximum absolute atomic E-state index is 13.0. The first kappa shape index (κ1) is 17.7. The molecule has 0 amide bonds. The average Bonchev–Trinajstić information content (AvgIpc) is 2.56. The van der Waals surface area contributed by atoms with E-state index in [0.29, 0.717) is 18.1 Å². The van der Waals surface area contributed by atoms with Crippen LogP contribution in [0.4, 0.5) is 0 Å². The Balaban J connectivity index is 1.97. The molecule has 3 aliphatic rings. The molecule has 3 rings (SSSR count). The molecule has 3 heteroatoms. The molecular formula is C21H32O3. The van der Waals surface area contributed by atoms with Crippen molar-refractivity contribution in [2.75, 3.05) is 7.11 Å². The summed E-state index contributed by atoms with van der Waals surface area (Å²) >= 11 is 0. The van der Waals surface area contributed by atoms with Gasteiger partial charge in [-0.1, -0.05) is 26.3 Å². The van der Waals surface area contributed by atoms with Crippen molar-refractivity contribution in [1.29, 1.82) is 0 Å². The van der Waals surface area contributed by atoms with E-state index in [-0.39, 0.29) is 28.6 Å². The number of hydrogen-bond donors (Lipinski definition) is 0. The molecule has 0 aromatic carbocycles. The van der Waals surface area contributed by atoms with Crippen molar-refractivity contribution in [3.8, 4) is 0 Å². The largest absolute Gasteiger partial charge is 0.469 e. The fraction of sp³-hybridized carbons (Fsp3) is 0.810. The van der Waals surface area contributed by atoms with Crippen molar-refractivity contribution in [1.82, 2.24) is 0 Å². The molecule has 3 aliphatic carbocycles. The highest BCUT2D eigenvalue weighted by molar-refractivity contribution is 5.85. The van der Waals surface area contributed by atoms with Gasteiger partial charge in [-0.15, -0.1) is 6.58 Å². The van der Waals surface area contributed by atoms with Crippen LogP contribution in [0.25, 0.3) is 0 Å². The van der Waals surface area contributed by atoms with Crippen LogP contribution in [-0.2, 0) is 14.3 Å². The smallest absolute Gasteiger partial charge is 0.311 e. The van der Waals surface area contributed by atoms with Crippen LogP contribution < -0.4 is 0 Å². The van der Waals surface area contributed by atoms with Crippen LogP contribution in [0.1, 0.15) is 65.7 Å². The Morgan fingerprint density at radius 3 is 2.58 bits per heavy atom. The van der Waals surface area contributed by atoms with Gasteiger partial charge >= 0.3 is 5.97 Å². The van der Waals surface area contributed by atoms with Gasteiger partial charge in [-0.05, 0) is 61.7 Å². The van der Waals surface area contributed by atoms with Gasteiger partial charge in [-0.3, -0.25) is 9.59 Å². The lowest BCUT2D eigenvalue weighted by atomic mass is 9.42. The summed E-state index contributed by atoms with van der Waals surface area (Å²) in [5, 5.41) is 0. The maximum Gasteiger partial charge on any atom is 0.311 e. The van der Waals surface area contributed by atoms with Gasteiger partial charge in [0.1, 0.15) is 5.78 Å². The van der Waals surface area contributed by atoms with Crippen LogP contribution in [0.3, 0.4) is 0 Å². The number of rotatable bonds is 2. The number of ketones is 1. The molecule has 3 fully saturated rings. The molecule has 0 spiro atoms. The summed E-state index contributed by atoms with van der Waals surface area (Å²) < 4.78 is 5.14. The number of ether oxygens (including phenoxy) is 1. The zero-order valence-electron chi connectivity index (χ0n) is 15.7. The van der Waals surface area contributed by atoms with E-state index in [2.05, 4.69) is 20.4 Å². The molecule has 6 atom stereocenters. The lowest BCUT2D eigenvalue weighted by Crippen LogP contribution is -2.59. The molecule has 3 nitrogen and oxygen atoms in total. The minimum Gasteiger partial charge on any atom is -0.469 e. The first-order valence-electron chi connectivity index (χ1n) is 9.45. The highest BCUT2D eigenvalue weighted by Gasteiger charge is 2.62. The standard InChI is InChI=1S/C21H32O3/c1-6-19(2)11-8-15-14(13-19)16(22)12-17-20(15,3)9-7-10-21(17,4)18(23)24-5/h6,14-15,17H,1,7-13H2,2-5H3/t14-,15+,17-,19-,20-,21+/m0/s1. The highest BCUT2D eigenvalue weighted by atomic mass is 16.5. The number of carbonyl (C=O) groups excluding carboxylic acids is 2. The summed E-state index contributed by atoms with van der Waals surface area (Å²) in [5.74, 6) is 0.904. The third kappa shape index (κ3) is 2.38. The Morgan fingerprint density at radius 1 is 1.25 bits per heavy atom. The predicted octanol–water partition coefficient (Wildman–Crippen LogP) is 4.55. The molecule has 0 heterocycles. The molecule has 0 saturated heterocycles. The van der Waals surface area contributed by atoms with Gasteiger partial charge in [0, 0.05) is 12.3 Å². The number of hydrogen-bond acceptors (Lipinski definition) is 3. The van der Waals surface area contributed by atoms with Crippen LogP contribution in [0.5, 0.6) is 0 Å². The third-order valence-corrected chi connectivity index (χ3v) is 7.99. The molecule has 0 radical (unpaired) electrons. The Hall–Kier alpha value is -1.12. The molecule has 24 heavy (non-hydrogen) atoms. The lowest BCUT2D eigenvalue weighted by molar-refractivity contribution is -0.179. The Labute approximate surface area is 146 Å². The first-order chi connectivity index (χ1) is 11.2. The van der Waals surface area contributed by atoms with Crippen LogP contribution >= 0.6 is 0 Å². The fourth-order valence-corrected chi connectivity index (χ4v) is 6.39. The first-order valence-corrected chi connectivity index (χ1v) is 9.45. The Morgan fingerprint density at radius 2 is 1.96 bits per heavy atom. The van der Waals surface area contributed by atoms with E-state index >= 15 is 0 Å². The Bertz CT molecular complexity index is 567. The van der Waals surface area contributed by atoms with Gasteiger partial charge in [-0.25, -0.2) is 0 Å². The van der Waals surface area contributed by atoms with Crippen molar-refractivity contribution in [2.24, 2.45) is 34.0 Å². The summed E-state index contributed by atoms with van der Waals surface area (Å²) in [7, 11) is 1.48. The number of esters is 1. The van der Waals surface area contributed by atoms with Gasteiger partial charge in [0.2, 0.25) is 0 Å². The SMILES string of the molecule is C=C[C@@]1(C)CC[C@@H]2[C@H](C1)C(=O)C[C@H]1[C@@]2(C)CCC[C@@]1(C)C(=O)OC. The lowest BCUT2D eigenvalue weighted by Gasteiger charge is -2.60. The molecule has 0 N–H and O–H groups in total. The summed E-state index contributed by atoms with van der Waals surface area (Å²) in [6.07, 6.45) is 8.71. The number of Topliss-reactive ketones (excluding diaryl/α,β-unsaturated/α-hetero) is 1. The van der Waals surface area contributed by atoms with Gasteiger partial charge in [0.25, 0.3) is 0 Å². The number of fused-ring (bicyclic) bond motifs is 3. The summed E-state index contributed by atoms with van der Waals surface area (Å²) in [6.45, 7) is 10.6. The topological polar surface area (TPSA) is 43.4 Å². The summed E-state index contributed by atoms with van der Waals surface area (Å²) in [4.78, 5) is 25.6. The molecule has 0 aromatic rings. The highest BCUT2D eigenvalue weighted by Crippen LogP contribution is 2.64. The normalized spacial score (nSPS) is 48.2. The predicted molar refractivity (Wildman–Crippen MR) is 94.3 cm³/mol. The van der Waals surface area contributed by atoms with Gasteiger partial charge in [0.05, 0.1) is 12.5 Å². The molecule has 134 valence electrons. The minimum absolute atomic E-state index is 0.0717. The van der Waals surface area contributed by atoms with Gasteiger partial charge < -0.3 is 4.74 Å². The van der Waals surface area contributed by atoms with E-state index < -0.39 is 5.41 Å². The second-order valence-electron chi connectivity index (χ2n) is 9.31. The minimum atomic E-state index is -0.512. The zero-order valence-corrected chi connectivity index (χ0v) is 15.7. The van der Waals surface area contributed by atoms with Crippen LogP contribution in [0.15, 0.2) is 12.7 Å². The second kappa shape index (κ2) is 5.71. The van der Waals surface area contributed by atoms with Crippen molar-refractivity contribution in [2.45, 2.75) is 65.7 Å². The van der Waals surface area contributed by atoms with Crippen LogP contribution in [0.2, 0.25) is 0 Å². The van der Waals surface area contributed by atoms with E-state index in [1.165, 1.54) is 7.11 Å². The number of methoxy groups -OCH3 is 1. The molecule has 0 aromatic heterocycles. The maximum atomic E-state index is 13.0. The second-order valence-corrected chi connectivity index (χ2v) is 9.31. The number of allylic oxidation sites excluding steroid dienone is 1. The van der Waals surface area contributed by atoms with Gasteiger partial charge in [0.15, 0.2) is 0 Å². The third-order valence-electron chi connectivity index (χ3n) is 7.99. The quantitative estimate of drug-likeness (QED) is 0.550. The molecular weight excluding hydrogens is 300 g/mol. The fourth-order valence-electron chi connectivity index (χ4n) is 6.39. The Kier molecular flexibility index (Phi) is 4.21. The van der Waals surface area contributed by atoms with Crippen LogP contribution in [-0.4, -0.2) is 18.9 Å². The number of carbonyl (C=O) groups is 2. The van der Waals surface area contributed by atoms with Crippen molar-refractivity contribution >= 4 is 11.8 Å². The van der Waals surface area contributed by atoms with E-state index in [1.807, 2.05) is 13.0 Å². The molecule has 0 aliphatic heterocycles. The van der Waals surface area contributed by atoms with E-state index in [0.717, 1.165) is 38.5 Å². The van der Waals surface area contributed by atoms with Crippen molar-refractivity contribution in [3.63, 3.8) is 0 Å². The zero-order chi connectivity index (χ0) is 17.8. The van der Waals surface area contributed by atoms with Crippen molar-refractivity contribution in [3.05, 3.63) is 12.7 Å². The average molecular weight is 332 g/mol. The monoisotopic (exact) mass is 332 g/mol. The summed E-state index contributed by atoms with van der Waals surface area (Å²) in [6, 6.07) is 0. The van der Waals surface area contributed by atoms with Crippen molar-refractivity contribution < 1.29 is 14.3 Å². The molecule has 0 bridgehead atoms. The molecule has 0 unspecified atom stereocenters. The van der Waals surface area contributed by atoms with E-state index in [1.54, 1.807) is 0 Å².